The highest BCUT2D eigenvalue weighted by Gasteiger charge is 2.12. The molecular formula is C9H15O. The molecule has 0 unspecified atom stereocenters. The highest BCUT2D eigenvalue weighted by atomic mass is 16.5. The summed E-state index contributed by atoms with van der Waals surface area (Å²) in [6.45, 7) is 4.33. The normalized spacial score (nSPS) is 20.8. The van der Waals surface area contributed by atoms with Crippen molar-refractivity contribution in [2.75, 3.05) is 6.61 Å². The van der Waals surface area contributed by atoms with Gasteiger partial charge in [-0.3, -0.25) is 0 Å². The molecule has 57 valence electrons. The lowest BCUT2D eigenvalue weighted by Gasteiger charge is -2.20. The fourth-order valence-corrected chi connectivity index (χ4v) is 1.27. The Balaban J connectivity index is 2.07. The molecule has 0 saturated heterocycles. The minimum absolute atomic E-state index is 0.503. The van der Waals surface area contributed by atoms with Gasteiger partial charge >= 0.3 is 0 Å². The van der Waals surface area contributed by atoms with Crippen molar-refractivity contribution in [2.24, 2.45) is 0 Å². The standard InChI is InChI=1S/C9H15O/c1-2-8-10-9-6-4-3-5-7-9/h2-3,9H,1,4-8H2. The van der Waals surface area contributed by atoms with Crippen molar-refractivity contribution in [1.82, 2.24) is 0 Å². The third-order valence-corrected chi connectivity index (χ3v) is 1.84. The van der Waals surface area contributed by atoms with E-state index in [0.29, 0.717) is 12.7 Å². The van der Waals surface area contributed by atoms with Crippen LogP contribution in [0.15, 0.2) is 12.7 Å². The van der Waals surface area contributed by atoms with Crippen molar-refractivity contribution < 1.29 is 4.74 Å². The lowest BCUT2D eigenvalue weighted by atomic mass is 9.98. The number of ether oxygens (including phenoxy) is 1. The van der Waals surface area contributed by atoms with Gasteiger partial charge in [0.15, 0.2) is 0 Å². The molecule has 0 heterocycles. The average Bonchev–Trinajstić information content (AvgIpc) is 2.03. The molecule has 1 heteroatoms. The van der Waals surface area contributed by atoms with Crippen molar-refractivity contribution >= 4 is 0 Å². The Morgan fingerprint density at radius 1 is 1.50 bits per heavy atom. The van der Waals surface area contributed by atoms with Crippen molar-refractivity contribution in [1.29, 1.82) is 0 Å². The summed E-state index contributed by atoms with van der Waals surface area (Å²) in [6.07, 6.45) is 9.51. The maximum atomic E-state index is 5.49. The molecule has 1 fully saturated rings. The molecule has 0 aromatic carbocycles. The second-order valence-corrected chi connectivity index (χ2v) is 2.69. The van der Waals surface area contributed by atoms with Crippen LogP contribution in [-0.4, -0.2) is 12.7 Å². The van der Waals surface area contributed by atoms with Crippen molar-refractivity contribution in [3.8, 4) is 0 Å². The minimum Gasteiger partial charge on any atom is -0.374 e. The predicted octanol–water partition coefficient (Wildman–Crippen LogP) is 2.34. The molecule has 0 aliphatic heterocycles. The Hall–Kier alpha value is -0.300. The first-order valence-corrected chi connectivity index (χ1v) is 3.97. The van der Waals surface area contributed by atoms with Crippen LogP contribution in [0.1, 0.15) is 25.7 Å². The Labute approximate surface area is 63.1 Å². The van der Waals surface area contributed by atoms with Crippen LogP contribution in [0.5, 0.6) is 0 Å². The second-order valence-electron chi connectivity index (χ2n) is 2.69. The van der Waals surface area contributed by atoms with Crippen molar-refractivity contribution in [2.45, 2.75) is 31.8 Å². The van der Waals surface area contributed by atoms with Gasteiger partial charge in [0.25, 0.3) is 0 Å². The fourth-order valence-electron chi connectivity index (χ4n) is 1.27. The topological polar surface area (TPSA) is 9.23 Å². The summed E-state index contributed by atoms with van der Waals surface area (Å²) in [5, 5.41) is 0. The van der Waals surface area contributed by atoms with Crippen LogP contribution in [0.3, 0.4) is 0 Å². The Bertz CT molecular complexity index is 92.9. The van der Waals surface area contributed by atoms with Gasteiger partial charge in [0.05, 0.1) is 12.7 Å². The molecule has 0 amide bonds. The van der Waals surface area contributed by atoms with E-state index in [2.05, 4.69) is 13.0 Å². The van der Waals surface area contributed by atoms with E-state index in [4.69, 9.17) is 4.74 Å². The molecule has 1 rings (SSSR count). The molecule has 0 N–H and O–H groups in total. The highest BCUT2D eigenvalue weighted by molar-refractivity contribution is 4.78. The van der Waals surface area contributed by atoms with Gasteiger partial charge in [0.2, 0.25) is 0 Å². The van der Waals surface area contributed by atoms with Crippen LogP contribution in [0.2, 0.25) is 0 Å². The summed E-state index contributed by atoms with van der Waals surface area (Å²) >= 11 is 0. The Kier molecular flexibility index (Phi) is 3.52. The predicted molar refractivity (Wildman–Crippen MR) is 42.7 cm³/mol. The van der Waals surface area contributed by atoms with Crippen LogP contribution in [0, 0.1) is 6.42 Å². The lowest BCUT2D eigenvalue weighted by molar-refractivity contribution is 0.0540. The number of hydrogen-bond donors (Lipinski definition) is 0. The molecule has 0 spiro atoms. The molecule has 1 saturated carbocycles. The highest BCUT2D eigenvalue weighted by Crippen LogP contribution is 2.19. The third-order valence-electron chi connectivity index (χ3n) is 1.84. The summed E-state index contributed by atoms with van der Waals surface area (Å²) in [5.41, 5.74) is 0. The van der Waals surface area contributed by atoms with Crippen LogP contribution < -0.4 is 0 Å². The van der Waals surface area contributed by atoms with E-state index in [1.807, 2.05) is 6.08 Å². The van der Waals surface area contributed by atoms with E-state index in [0.717, 1.165) is 0 Å². The molecule has 1 radical (unpaired) electrons. The SMILES string of the molecule is C=CCOC1CC[CH]CC1. The first-order chi connectivity index (χ1) is 4.93. The first-order valence-electron chi connectivity index (χ1n) is 3.97. The molecule has 0 bridgehead atoms. The molecule has 0 aromatic rings. The van der Waals surface area contributed by atoms with Gasteiger partial charge in [-0.15, -0.1) is 6.58 Å². The summed E-state index contributed by atoms with van der Waals surface area (Å²) in [4.78, 5) is 0. The fraction of sp³-hybridized carbons (Fsp3) is 0.667. The first kappa shape index (κ1) is 7.80. The summed E-state index contributed by atoms with van der Waals surface area (Å²) < 4.78 is 5.49. The van der Waals surface area contributed by atoms with E-state index in [1.165, 1.54) is 25.7 Å². The van der Waals surface area contributed by atoms with Crippen LogP contribution >= 0.6 is 0 Å². The molecular weight excluding hydrogens is 124 g/mol. The zero-order valence-corrected chi connectivity index (χ0v) is 6.38. The zero-order chi connectivity index (χ0) is 7.23. The lowest BCUT2D eigenvalue weighted by Crippen LogP contribution is -2.16. The molecule has 1 aliphatic carbocycles. The van der Waals surface area contributed by atoms with E-state index >= 15 is 0 Å². The monoisotopic (exact) mass is 139 g/mol. The van der Waals surface area contributed by atoms with E-state index < -0.39 is 0 Å². The van der Waals surface area contributed by atoms with Gasteiger partial charge in [0.1, 0.15) is 0 Å². The number of hydrogen-bond acceptors (Lipinski definition) is 1. The maximum Gasteiger partial charge on any atom is 0.0648 e. The molecule has 0 atom stereocenters. The van der Waals surface area contributed by atoms with Gasteiger partial charge in [-0.25, -0.2) is 0 Å². The van der Waals surface area contributed by atoms with E-state index in [9.17, 15) is 0 Å². The van der Waals surface area contributed by atoms with Crippen molar-refractivity contribution in [3.05, 3.63) is 19.1 Å². The Morgan fingerprint density at radius 2 is 2.20 bits per heavy atom. The molecule has 0 aromatic heterocycles. The summed E-state index contributed by atoms with van der Waals surface area (Å²) in [5.74, 6) is 0. The molecule has 1 aliphatic rings. The second kappa shape index (κ2) is 4.51. The van der Waals surface area contributed by atoms with E-state index in [1.54, 1.807) is 0 Å². The summed E-state index contributed by atoms with van der Waals surface area (Å²) in [6, 6.07) is 0. The van der Waals surface area contributed by atoms with Gasteiger partial charge in [-0.05, 0) is 32.1 Å². The van der Waals surface area contributed by atoms with Crippen LogP contribution in [-0.2, 0) is 4.74 Å². The summed E-state index contributed by atoms with van der Waals surface area (Å²) in [7, 11) is 0. The zero-order valence-electron chi connectivity index (χ0n) is 6.38. The van der Waals surface area contributed by atoms with Gasteiger partial charge in [-0.1, -0.05) is 6.08 Å². The quantitative estimate of drug-likeness (QED) is 0.545. The van der Waals surface area contributed by atoms with E-state index in [-0.39, 0.29) is 0 Å². The third kappa shape index (κ3) is 2.53. The van der Waals surface area contributed by atoms with Gasteiger partial charge in [0, 0.05) is 0 Å². The minimum atomic E-state index is 0.503. The average molecular weight is 139 g/mol. The van der Waals surface area contributed by atoms with Gasteiger partial charge in [-0.2, -0.15) is 0 Å². The van der Waals surface area contributed by atoms with Gasteiger partial charge < -0.3 is 4.74 Å². The Morgan fingerprint density at radius 3 is 2.80 bits per heavy atom. The number of rotatable bonds is 3. The molecule has 10 heavy (non-hydrogen) atoms. The molecule has 1 nitrogen and oxygen atoms in total. The smallest absolute Gasteiger partial charge is 0.0648 e. The maximum absolute atomic E-state index is 5.49. The largest absolute Gasteiger partial charge is 0.374 e. The van der Waals surface area contributed by atoms with Crippen LogP contribution in [0.25, 0.3) is 0 Å². The van der Waals surface area contributed by atoms with Crippen LogP contribution in [0.4, 0.5) is 0 Å². The van der Waals surface area contributed by atoms with Crippen molar-refractivity contribution in [3.63, 3.8) is 0 Å².